The molecule has 0 amide bonds. The number of ether oxygens (including phenoxy) is 1. The number of hydrogen-bond donors (Lipinski definition) is 0. The van der Waals surface area contributed by atoms with Crippen molar-refractivity contribution in [3.05, 3.63) is 24.4 Å². The average molecular weight is 337 g/mol. The van der Waals surface area contributed by atoms with Gasteiger partial charge in [0.15, 0.2) is 0 Å². The Morgan fingerprint density at radius 2 is 2.09 bits per heavy atom. The first-order chi connectivity index (χ1) is 11.1. The SMILES string of the molecule is O=S(=O)(C1CC1)N1CCOC2(CCCN(c3ccccn3)C2)C1. The van der Waals surface area contributed by atoms with Gasteiger partial charge >= 0.3 is 0 Å². The number of hydrogen-bond acceptors (Lipinski definition) is 5. The molecule has 3 heterocycles. The van der Waals surface area contributed by atoms with Gasteiger partial charge in [0.05, 0.1) is 17.5 Å². The molecule has 1 spiro atoms. The van der Waals surface area contributed by atoms with Crippen LogP contribution in [-0.4, -0.2) is 61.3 Å². The fourth-order valence-corrected chi connectivity index (χ4v) is 5.58. The first-order valence-electron chi connectivity index (χ1n) is 8.38. The van der Waals surface area contributed by atoms with Crippen molar-refractivity contribution in [1.82, 2.24) is 9.29 Å². The van der Waals surface area contributed by atoms with Gasteiger partial charge in [-0.05, 0) is 37.8 Å². The molecule has 126 valence electrons. The Morgan fingerprint density at radius 1 is 1.22 bits per heavy atom. The zero-order valence-corrected chi connectivity index (χ0v) is 14.0. The van der Waals surface area contributed by atoms with Crippen LogP contribution in [0.2, 0.25) is 0 Å². The van der Waals surface area contributed by atoms with Crippen LogP contribution < -0.4 is 4.90 Å². The van der Waals surface area contributed by atoms with Gasteiger partial charge < -0.3 is 9.64 Å². The molecule has 3 aliphatic rings. The van der Waals surface area contributed by atoms with Gasteiger partial charge in [-0.2, -0.15) is 4.31 Å². The number of nitrogens with zero attached hydrogens (tertiary/aromatic N) is 3. The number of piperidine rings is 1. The lowest BCUT2D eigenvalue weighted by atomic mass is 9.91. The standard InChI is InChI=1S/C16H23N3O3S/c20-23(21,14-5-6-14)19-10-11-22-16(13-19)7-3-9-18(12-16)15-4-1-2-8-17-15/h1-2,4,8,14H,3,5-7,9-13H2. The highest BCUT2D eigenvalue weighted by molar-refractivity contribution is 7.90. The van der Waals surface area contributed by atoms with Crippen molar-refractivity contribution in [3.63, 3.8) is 0 Å². The summed E-state index contributed by atoms with van der Waals surface area (Å²) in [5.41, 5.74) is -0.393. The Hall–Kier alpha value is -1.18. The van der Waals surface area contributed by atoms with Crippen molar-refractivity contribution in [2.75, 3.05) is 37.7 Å². The second-order valence-corrected chi connectivity index (χ2v) is 9.04. The zero-order chi connectivity index (χ0) is 15.9. The number of rotatable bonds is 3. The van der Waals surface area contributed by atoms with E-state index >= 15 is 0 Å². The van der Waals surface area contributed by atoms with Crippen LogP contribution in [0.1, 0.15) is 25.7 Å². The fraction of sp³-hybridized carbons (Fsp3) is 0.688. The van der Waals surface area contributed by atoms with E-state index in [4.69, 9.17) is 4.74 Å². The van der Waals surface area contributed by atoms with Crippen molar-refractivity contribution in [2.24, 2.45) is 0 Å². The minimum Gasteiger partial charge on any atom is -0.370 e. The maximum atomic E-state index is 12.6. The van der Waals surface area contributed by atoms with Gasteiger partial charge in [-0.25, -0.2) is 13.4 Å². The summed E-state index contributed by atoms with van der Waals surface area (Å²) in [6, 6.07) is 5.89. The van der Waals surface area contributed by atoms with Crippen LogP contribution in [0.15, 0.2) is 24.4 Å². The average Bonchev–Trinajstić information content (AvgIpc) is 3.41. The molecule has 6 nitrogen and oxygen atoms in total. The lowest BCUT2D eigenvalue weighted by Gasteiger charge is -2.47. The van der Waals surface area contributed by atoms with Crippen molar-refractivity contribution in [1.29, 1.82) is 0 Å². The summed E-state index contributed by atoms with van der Waals surface area (Å²) < 4.78 is 32.9. The highest BCUT2D eigenvalue weighted by atomic mass is 32.2. The van der Waals surface area contributed by atoms with Gasteiger partial charge in [0.2, 0.25) is 10.0 Å². The Morgan fingerprint density at radius 3 is 2.83 bits per heavy atom. The molecule has 1 aliphatic carbocycles. The largest absolute Gasteiger partial charge is 0.370 e. The van der Waals surface area contributed by atoms with E-state index in [-0.39, 0.29) is 5.25 Å². The van der Waals surface area contributed by atoms with Crippen molar-refractivity contribution in [3.8, 4) is 0 Å². The smallest absolute Gasteiger partial charge is 0.217 e. The van der Waals surface area contributed by atoms with E-state index < -0.39 is 15.6 Å². The summed E-state index contributed by atoms with van der Waals surface area (Å²) >= 11 is 0. The Labute approximate surface area is 137 Å². The van der Waals surface area contributed by atoms with Crippen LogP contribution >= 0.6 is 0 Å². The number of sulfonamides is 1. The molecule has 1 unspecified atom stereocenters. The molecular formula is C16H23N3O3S. The third-order valence-electron chi connectivity index (χ3n) is 5.03. The number of anilines is 1. The van der Waals surface area contributed by atoms with Crippen LogP contribution in [0.3, 0.4) is 0 Å². The predicted molar refractivity (Wildman–Crippen MR) is 87.9 cm³/mol. The third-order valence-corrected chi connectivity index (χ3v) is 7.38. The van der Waals surface area contributed by atoms with E-state index in [1.807, 2.05) is 18.2 Å². The van der Waals surface area contributed by atoms with Gasteiger partial charge in [-0.3, -0.25) is 0 Å². The Balaban J connectivity index is 1.53. The quantitative estimate of drug-likeness (QED) is 0.830. The second kappa shape index (κ2) is 5.72. The number of aromatic nitrogens is 1. The van der Waals surface area contributed by atoms with Crippen LogP contribution in [0, 0.1) is 0 Å². The van der Waals surface area contributed by atoms with Crippen LogP contribution in [0.25, 0.3) is 0 Å². The topological polar surface area (TPSA) is 62.7 Å². The summed E-state index contributed by atoms with van der Waals surface area (Å²) in [7, 11) is -3.13. The van der Waals surface area contributed by atoms with Gasteiger partial charge in [-0.1, -0.05) is 6.07 Å². The molecule has 7 heteroatoms. The number of morpholine rings is 1. The first kappa shape index (κ1) is 15.4. The lowest BCUT2D eigenvalue weighted by Crippen LogP contribution is -2.61. The Kier molecular flexibility index (Phi) is 3.82. The number of pyridine rings is 1. The molecule has 1 aromatic rings. The minimum atomic E-state index is -3.13. The molecule has 2 saturated heterocycles. The normalized spacial score (nSPS) is 29.8. The first-order valence-corrected chi connectivity index (χ1v) is 9.88. The summed E-state index contributed by atoms with van der Waals surface area (Å²) in [4.78, 5) is 6.64. The highest BCUT2D eigenvalue weighted by Gasteiger charge is 2.47. The molecule has 1 saturated carbocycles. The molecule has 23 heavy (non-hydrogen) atoms. The molecule has 3 fully saturated rings. The summed E-state index contributed by atoms with van der Waals surface area (Å²) in [6.07, 6.45) is 5.32. The van der Waals surface area contributed by atoms with Gasteiger partial charge in [0, 0.05) is 32.4 Å². The van der Waals surface area contributed by atoms with Crippen LogP contribution in [0.5, 0.6) is 0 Å². The highest BCUT2D eigenvalue weighted by Crippen LogP contribution is 2.36. The molecule has 0 radical (unpaired) electrons. The Bertz CT molecular complexity index is 658. The maximum absolute atomic E-state index is 12.6. The van der Waals surface area contributed by atoms with Gasteiger partial charge in [-0.15, -0.1) is 0 Å². The van der Waals surface area contributed by atoms with E-state index in [0.29, 0.717) is 26.2 Å². The predicted octanol–water partition coefficient (Wildman–Crippen LogP) is 1.24. The maximum Gasteiger partial charge on any atom is 0.217 e. The molecule has 2 aliphatic heterocycles. The van der Waals surface area contributed by atoms with E-state index in [2.05, 4.69) is 9.88 Å². The van der Waals surface area contributed by atoms with E-state index in [1.54, 1.807) is 10.5 Å². The fourth-order valence-electron chi connectivity index (χ4n) is 3.69. The minimum absolute atomic E-state index is 0.145. The molecular weight excluding hydrogens is 314 g/mol. The molecule has 1 aromatic heterocycles. The van der Waals surface area contributed by atoms with E-state index in [1.165, 1.54) is 0 Å². The van der Waals surface area contributed by atoms with Crippen molar-refractivity contribution >= 4 is 15.8 Å². The monoisotopic (exact) mass is 337 g/mol. The molecule has 0 bridgehead atoms. The van der Waals surface area contributed by atoms with Crippen molar-refractivity contribution < 1.29 is 13.2 Å². The molecule has 0 aromatic carbocycles. The van der Waals surface area contributed by atoms with E-state index in [9.17, 15) is 8.42 Å². The summed E-state index contributed by atoms with van der Waals surface area (Å²) in [5.74, 6) is 0.942. The summed E-state index contributed by atoms with van der Waals surface area (Å²) in [5, 5.41) is -0.145. The molecule has 1 atom stereocenters. The van der Waals surface area contributed by atoms with E-state index in [0.717, 1.165) is 38.0 Å². The summed E-state index contributed by atoms with van der Waals surface area (Å²) in [6.45, 7) is 3.11. The lowest BCUT2D eigenvalue weighted by molar-refractivity contribution is -0.0951. The van der Waals surface area contributed by atoms with Gasteiger partial charge in [0.25, 0.3) is 0 Å². The van der Waals surface area contributed by atoms with Crippen molar-refractivity contribution in [2.45, 2.75) is 36.5 Å². The third kappa shape index (κ3) is 2.97. The van der Waals surface area contributed by atoms with Crippen LogP contribution in [-0.2, 0) is 14.8 Å². The van der Waals surface area contributed by atoms with Gasteiger partial charge in [0.1, 0.15) is 5.82 Å². The van der Waals surface area contributed by atoms with Crippen LogP contribution in [0.4, 0.5) is 5.82 Å². The molecule has 0 N–H and O–H groups in total. The zero-order valence-electron chi connectivity index (χ0n) is 13.2. The molecule has 4 rings (SSSR count). The second-order valence-electron chi connectivity index (χ2n) is 6.82.